The van der Waals surface area contributed by atoms with E-state index in [0.29, 0.717) is 13.2 Å². The van der Waals surface area contributed by atoms with Crippen molar-refractivity contribution in [2.75, 3.05) is 13.2 Å². The van der Waals surface area contributed by atoms with Gasteiger partial charge in [0.15, 0.2) is 0 Å². The Labute approximate surface area is 117 Å². The molecule has 3 heteroatoms. The molecule has 0 aliphatic carbocycles. The first-order valence-electron chi connectivity index (χ1n) is 7.17. The second-order valence-electron chi connectivity index (χ2n) is 5.68. The van der Waals surface area contributed by atoms with E-state index in [1.54, 1.807) is 0 Å². The van der Waals surface area contributed by atoms with Gasteiger partial charge in [-0.1, -0.05) is 33.8 Å². The molecule has 1 aromatic rings. The molecular weight excluding hydrogens is 238 g/mol. The van der Waals surface area contributed by atoms with Crippen LogP contribution in [0.15, 0.2) is 18.2 Å². The van der Waals surface area contributed by atoms with Crippen LogP contribution in [0.3, 0.4) is 0 Å². The molecule has 3 nitrogen and oxygen atoms in total. The maximum Gasteiger partial charge on any atom is 0.0888 e. The summed E-state index contributed by atoms with van der Waals surface area (Å²) in [6.45, 7) is 11.4. The van der Waals surface area contributed by atoms with Crippen LogP contribution in [-0.4, -0.2) is 18.2 Å². The number of ether oxygens (including phenoxy) is 2. The monoisotopic (exact) mass is 265 g/mol. The van der Waals surface area contributed by atoms with Crippen LogP contribution in [0.5, 0.6) is 0 Å². The minimum atomic E-state index is 0.238. The normalized spacial score (nSPS) is 11.8. The zero-order chi connectivity index (χ0) is 14.1. The van der Waals surface area contributed by atoms with E-state index in [4.69, 9.17) is 9.47 Å². The maximum atomic E-state index is 5.75. The lowest BCUT2D eigenvalue weighted by Gasteiger charge is -2.22. The average Bonchev–Trinajstić information content (AvgIpc) is 2.39. The van der Waals surface area contributed by atoms with Crippen LogP contribution in [0.1, 0.15) is 51.9 Å². The van der Waals surface area contributed by atoms with Gasteiger partial charge in [0.05, 0.1) is 31.2 Å². The molecule has 0 atom stereocenters. The zero-order valence-corrected chi connectivity index (χ0v) is 12.7. The fourth-order valence-electron chi connectivity index (χ4n) is 1.55. The summed E-state index contributed by atoms with van der Waals surface area (Å²) in [6.07, 6.45) is 2.15. The number of rotatable bonds is 9. The molecule has 0 aliphatic heterocycles. The predicted molar refractivity (Wildman–Crippen MR) is 77.9 cm³/mol. The number of aromatic nitrogens is 1. The Morgan fingerprint density at radius 1 is 1.05 bits per heavy atom. The summed E-state index contributed by atoms with van der Waals surface area (Å²) in [5.74, 6) is 0. The first-order chi connectivity index (χ1) is 9.07. The zero-order valence-electron chi connectivity index (χ0n) is 12.7. The fourth-order valence-corrected chi connectivity index (χ4v) is 1.55. The van der Waals surface area contributed by atoms with Gasteiger partial charge in [-0.25, -0.2) is 0 Å². The topological polar surface area (TPSA) is 31.4 Å². The molecule has 0 aliphatic rings. The van der Waals surface area contributed by atoms with E-state index in [2.05, 4.69) is 32.7 Å². The predicted octanol–water partition coefficient (Wildman–Crippen LogP) is 3.96. The molecule has 0 amide bonds. The van der Waals surface area contributed by atoms with Crippen molar-refractivity contribution < 1.29 is 9.47 Å². The lowest BCUT2D eigenvalue weighted by atomic mass is 9.92. The van der Waals surface area contributed by atoms with E-state index in [9.17, 15) is 0 Å². The summed E-state index contributed by atoms with van der Waals surface area (Å²) >= 11 is 0. The van der Waals surface area contributed by atoms with Gasteiger partial charge in [-0.3, -0.25) is 4.98 Å². The molecule has 0 N–H and O–H groups in total. The maximum absolute atomic E-state index is 5.75. The Kier molecular flexibility index (Phi) is 7.03. The molecule has 0 bridgehead atoms. The standard InChI is InChI=1S/C16H27NO2/c1-5-10-18-11-14-8-7-9-15(17-14)12-19-13-16(3,4)6-2/h7-9H,5-6,10-13H2,1-4H3. The third kappa shape index (κ3) is 6.69. The van der Waals surface area contributed by atoms with Crippen molar-refractivity contribution in [3.63, 3.8) is 0 Å². The van der Waals surface area contributed by atoms with E-state index < -0.39 is 0 Å². The minimum Gasteiger partial charge on any atom is -0.375 e. The Morgan fingerprint density at radius 3 is 2.26 bits per heavy atom. The third-order valence-corrected chi connectivity index (χ3v) is 3.16. The van der Waals surface area contributed by atoms with Crippen molar-refractivity contribution in [1.29, 1.82) is 0 Å². The molecule has 1 aromatic heterocycles. The smallest absolute Gasteiger partial charge is 0.0888 e. The van der Waals surface area contributed by atoms with Gasteiger partial charge in [0.25, 0.3) is 0 Å². The highest BCUT2D eigenvalue weighted by atomic mass is 16.5. The van der Waals surface area contributed by atoms with Crippen molar-refractivity contribution in [2.45, 2.75) is 53.8 Å². The summed E-state index contributed by atoms with van der Waals surface area (Å²) in [7, 11) is 0. The summed E-state index contributed by atoms with van der Waals surface area (Å²) in [5.41, 5.74) is 2.19. The number of hydrogen-bond acceptors (Lipinski definition) is 3. The van der Waals surface area contributed by atoms with Gasteiger partial charge in [-0.05, 0) is 30.4 Å². The van der Waals surface area contributed by atoms with Gasteiger partial charge >= 0.3 is 0 Å². The molecule has 19 heavy (non-hydrogen) atoms. The summed E-state index contributed by atoms with van der Waals surface area (Å²) < 4.78 is 11.2. The molecule has 0 radical (unpaired) electrons. The molecule has 1 rings (SSSR count). The van der Waals surface area contributed by atoms with Crippen LogP contribution in [-0.2, 0) is 22.7 Å². The van der Waals surface area contributed by atoms with Crippen molar-refractivity contribution in [1.82, 2.24) is 4.98 Å². The summed E-state index contributed by atoms with van der Waals surface area (Å²) in [4.78, 5) is 4.54. The number of nitrogens with zero attached hydrogens (tertiary/aromatic N) is 1. The number of pyridine rings is 1. The first-order valence-corrected chi connectivity index (χ1v) is 7.17. The second-order valence-corrected chi connectivity index (χ2v) is 5.68. The lowest BCUT2D eigenvalue weighted by molar-refractivity contribution is 0.0475. The Bertz CT molecular complexity index is 364. The Hall–Kier alpha value is -0.930. The van der Waals surface area contributed by atoms with Crippen LogP contribution in [0.4, 0.5) is 0 Å². The molecule has 0 saturated heterocycles. The highest BCUT2D eigenvalue weighted by Gasteiger charge is 2.15. The SMILES string of the molecule is CCCOCc1cccc(COCC(C)(C)CC)n1. The quantitative estimate of drug-likeness (QED) is 0.633. The highest BCUT2D eigenvalue weighted by molar-refractivity contribution is 5.09. The summed E-state index contributed by atoms with van der Waals surface area (Å²) in [6, 6.07) is 6.01. The van der Waals surface area contributed by atoms with Crippen molar-refractivity contribution in [2.24, 2.45) is 5.41 Å². The van der Waals surface area contributed by atoms with Crippen LogP contribution < -0.4 is 0 Å². The molecule has 1 heterocycles. The lowest BCUT2D eigenvalue weighted by Crippen LogP contribution is -2.18. The molecular formula is C16H27NO2. The second kappa shape index (κ2) is 8.28. The van der Waals surface area contributed by atoms with Gasteiger partial charge < -0.3 is 9.47 Å². The molecule has 108 valence electrons. The van der Waals surface area contributed by atoms with Gasteiger partial charge in [0.1, 0.15) is 0 Å². The molecule has 0 fully saturated rings. The highest BCUT2D eigenvalue weighted by Crippen LogP contribution is 2.20. The molecule has 0 saturated carbocycles. The van der Waals surface area contributed by atoms with Gasteiger partial charge in [-0.15, -0.1) is 0 Å². The van der Waals surface area contributed by atoms with E-state index in [-0.39, 0.29) is 5.41 Å². The Balaban J connectivity index is 2.39. The fraction of sp³-hybridized carbons (Fsp3) is 0.688. The van der Waals surface area contributed by atoms with Crippen LogP contribution >= 0.6 is 0 Å². The molecule has 0 aromatic carbocycles. The molecule has 0 unspecified atom stereocenters. The van der Waals surface area contributed by atoms with Crippen LogP contribution in [0.2, 0.25) is 0 Å². The largest absolute Gasteiger partial charge is 0.375 e. The van der Waals surface area contributed by atoms with Crippen LogP contribution in [0.25, 0.3) is 0 Å². The van der Waals surface area contributed by atoms with Gasteiger partial charge in [-0.2, -0.15) is 0 Å². The van der Waals surface area contributed by atoms with Crippen molar-refractivity contribution in [3.8, 4) is 0 Å². The summed E-state index contributed by atoms with van der Waals surface area (Å²) in [5, 5.41) is 0. The Morgan fingerprint density at radius 2 is 1.68 bits per heavy atom. The minimum absolute atomic E-state index is 0.238. The first kappa shape index (κ1) is 16.1. The van der Waals surface area contributed by atoms with Crippen molar-refractivity contribution >= 4 is 0 Å². The average molecular weight is 265 g/mol. The van der Waals surface area contributed by atoms with Gasteiger partial charge in [0.2, 0.25) is 0 Å². The number of hydrogen-bond donors (Lipinski definition) is 0. The molecule has 0 spiro atoms. The van der Waals surface area contributed by atoms with E-state index in [1.165, 1.54) is 0 Å². The third-order valence-electron chi connectivity index (χ3n) is 3.16. The van der Waals surface area contributed by atoms with Crippen molar-refractivity contribution in [3.05, 3.63) is 29.6 Å². The van der Waals surface area contributed by atoms with E-state index >= 15 is 0 Å². The van der Waals surface area contributed by atoms with E-state index in [1.807, 2.05) is 18.2 Å². The van der Waals surface area contributed by atoms with E-state index in [0.717, 1.165) is 37.4 Å². The van der Waals surface area contributed by atoms with Gasteiger partial charge in [0, 0.05) is 6.61 Å². The van der Waals surface area contributed by atoms with Crippen LogP contribution in [0, 0.1) is 5.41 Å².